The van der Waals surface area contributed by atoms with Gasteiger partial charge in [0.1, 0.15) is 0 Å². The third kappa shape index (κ3) is 5.64. The van der Waals surface area contributed by atoms with E-state index in [1.807, 2.05) is 18.2 Å². The standard InChI is InChI=1S/C24H29N3OS/c1-18-6-4-7-19(16-18)17-27-14-12-20(13-15-27)25-23(28)10-5-11-24-26-21-8-2-3-9-22(21)29-24/h2-4,6-9,16,20H,5,10-15,17H2,1H3,(H,25,28). The Morgan fingerprint density at radius 1 is 1.17 bits per heavy atom. The Kier molecular flexibility index (Phi) is 6.57. The molecule has 152 valence electrons. The second-order valence-electron chi connectivity index (χ2n) is 8.04. The molecule has 3 aromatic rings. The Morgan fingerprint density at radius 2 is 2.00 bits per heavy atom. The van der Waals surface area contributed by atoms with E-state index in [-0.39, 0.29) is 5.91 Å². The minimum Gasteiger partial charge on any atom is -0.353 e. The highest BCUT2D eigenvalue weighted by Gasteiger charge is 2.20. The summed E-state index contributed by atoms with van der Waals surface area (Å²) in [6, 6.07) is 17.3. The molecular formula is C24H29N3OS. The van der Waals surface area contributed by atoms with Crippen molar-refractivity contribution in [2.45, 2.75) is 51.6 Å². The first-order valence-electron chi connectivity index (χ1n) is 10.6. The number of aromatic nitrogens is 1. The van der Waals surface area contributed by atoms with Crippen molar-refractivity contribution in [2.75, 3.05) is 13.1 Å². The number of carbonyl (C=O) groups excluding carboxylic acids is 1. The molecule has 0 bridgehead atoms. The molecule has 0 aliphatic carbocycles. The van der Waals surface area contributed by atoms with Gasteiger partial charge in [0.25, 0.3) is 0 Å². The largest absolute Gasteiger partial charge is 0.353 e. The summed E-state index contributed by atoms with van der Waals surface area (Å²) < 4.78 is 1.23. The van der Waals surface area contributed by atoms with Gasteiger partial charge in [0, 0.05) is 32.1 Å². The highest BCUT2D eigenvalue weighted by Crippen LogP contribution is 2.22. The Labute approximate surface area is 177 Å². The van der Waals surface area contributed by atoms with Crippen molar-refractivity contribution in [3.63, 3.8) is 0 Å². The highest BCUT2D eigenvalue weighted by atomic mass is 32.1. The third-order valence-electron chi connectivity index (χ3n) is 5.57. The molecule has 29 heavy (non-hydrogen) atoms. The quantitative estimate of drug-likeness (QED) is 0.617. The molecular weight excluding hydrogens is 378 g/mol. The zero-order valence-corrected chi connectivity index (χ0v) is 17.9. The van der Waals surface area contributed by atoms with Gasteiger partial charge in [0.2, 0.25) is 5.91 Å². The molecule has 1 aromatic heterocycles. The van der Waals surface area contributed by atoms with Crippen LogP contribution in [0.2, 0.25) is 0 Å². The number of likely N-dealkylation sites (tertiary alicyclic amines) is 1. The summed E-state index contributed by atoms with van der Waals surface area (Å²) in [6.07, 6.45) is 4.39. The molecule has 1 saturated heterocycles. The Balaban J connectivity index is 1.16. The lowest BCUT2D eigenvalue weighted by Crippen LogP contribution is -2.44. The van der Waals surface area contributed by atoms with Gasteiger partial charge in [-0.3, -0.25) is 9.69 Å². The van der Waals surface area contributed by atoms with Gasteiger partial charge in [-0.15, -0.1) is 11.3 Å². The Morgan fingerprint density at radius 3 is 2.79 bits per heavy atom. The van der Waals surface area contributed by atoms with Gasteiger partial charge in [-0.25, -0.2) is 4.98 Å². The molecule has 1 aliphatic heterocycles. The molecule has 1 fully saturated rings. The van der Waals surface area contributed by atoms with E-state index < -0.39 is 0 Å². The van der Waals surface area contributed by atoms with Gasteiger partial charge in [0.05, 0.1) is 15.2 Å². The van der Waals surface area contributed by atoms with Crippen LogP contribution in [0.3, 0.4) is 0 Å². The van der Waals surface area contributed by atoms with Gasteiger partial charge in [0.15, 0.2) is 0 Å². The van der Waals surface area contributed by atoms with Gasteiger partial charge in [-0.2, -0.15) is 0 Å². The normalized spacial score (nSPS) is 15.6. The number of hydrogen-bond acceptors (Lipinski definition) is 4. The SMILES string of the molecule is Cc1cccc(CN2CCC(NC(=O)CCCc3nc4ccccc4s3)CC2)c1. The first-order valence-corrected chi connectivity index (χ1v) is 11.4. The number of benzene rings is 2. The Hall–Kier alpha value is -2.24. The second kappa shape index (κ2) is 9.51. The summed E-state index contributed by atoms with van der Waals surface area (Å²) >= 11 is 1.74. The maximum absolute atomic E-state index is 12.3. The van der Waals surface area contributed by atoms with Crippen LogP contribution < -0.4 is 5.32 Å². The van der Waals surface area contributed by atoms with Crippen molar-refractivity contribution in [3.05, 3.63) is 64.7 Å². The van der Waals surface area contributed by atoms with Gasteiger partial charge >= 0.3 is 0 Å². The van der Waals surface area contributed by atoms with Crippen LogP contribution in [0.4, 0.5) is 0 Å². The van der Waals surface area contributed by atoms with Gasteiger partial charge in [-0.05, 0) is 50.3 Å². The van der Waals surface area contributed by atoms with Crippen LogP contribution in [0.15, 0.2) is 48.5 Å². The molecule has 5 heteroatoms. The summed E-state index contributed by atoms with van der Waals surface area (Å²) in [5.41, 5.74) is 3.76. The van der Waals surface area contributed by atoms with Crippen LogP contribution in [0.25, 0.3) is 10.2 Å². The van der Waals surface area contributed by atoms with Crippen molar-refractivity contribution < 1.29 is 4.79 Å². The Bertz CT molecular complexity index is 926. The number of nitrogens with one attached hydrogen (secondary N) is 1. The molecule has 1 N–H and O–H groups in total. The molecule has 0 atom stereocenters. The fourth-order valence-electron chi connectivity index (χ4n) is 4.03. The monoisotopic (exact) mass is 407 g/mol. The number of carbonyl (C=O) groups is 1. The molecule has 1 aliphatic rings. The lowest BCUT2D eigenvalue weighted by atomic mass is 10.0. The summed E-state index contributed by atoms with van der Waals surface area (Å²) in [5.74, 6) is 0.184. The van der Waals surface area contributed by atoms with Crippen molar-refractivity contribution in [1.82, 2.24) is 15.2 Å². The molecule has 0 radical (unpaired) electrons. The van der Waals surface area contributed by atoms with Crippen LogP contribution in [0, 0.1) is 6.92 Å². The fourth-order valence-corrected chi connectivity index (χ4v) is 5.04. The van der Waals surface area contributed by atoms with Crippen molar-refractivity contribution in [1.29, 1.82) is 0 Å². The number of aryl methyl sites for hydroxylation is 2. The van der Waals surface area contributed by atoms with Crippen LogP contribution in [0.5, 0.6) is 0 Å². The minimum atomic E-state index is 0.184. The van der Waals surface area contributed by atoms with Crippen LogP contribution in [0.1, 0.15) is 41.8 Å². The van der Waals surface area contributed by atoms with E-state index in [1.54, 1.807) is 11.3 Å². The molecule has 0 unspecified atom stereocenters. The molecule has 2 aromatic carbocycles. The van der Waals surface area contributed by atoms with Crippen LogP contribution >= 0.6 is 11.3 Å². The molecule has 0 saturated carbocycles. The summed E-state index contributed by atoms with van der Waals surface area (Å²) in [4.78, 5) is 19.5. The van der Waals surface area contributed by atoms with E-state index in [4.69, 9.17) is 0 Å². The molecule has 0 spiro atoms. The average molecular weight is 408 g/mol. The number of fused-ring (bicyclic) bond motifs is 1. The number of para-hydroxylation sites is 1. The summed E-state index contributed by atoms with van der Waals surface area (Å²) in [7, 11) is 0. The minimum absolute atomic E-state index is 0.184. The van der Waals surface area contributed by atoms with Crippen molar-refractivity contribution in [3.8, 4) is 0 Å². The van der Waals surface area contributed by atoms with Crippen molar-refractivity contribution in [2.24, 2.45) is 0 Å². The van der Waals surface area contributed by atoms with Crippen LogP contribution in [-0.2, 0) is 17.8 Å². The summed E-state index contributed by atoms with van der Waals surface area (Å²) in [6.45, 7) is 5.24. The zero-order valence-electron chi connectivity index (χ0n) is 17.1. The highest BCUT2D eigenvalue weighted by molar-refractivity contribution is 7.18. The molecule has 1 amide bonds. The maximum atomic E-state index is 12.3. The van der Waals surface area contributed by atoms with Gasteiger partial charge in [-0.1, -0.05) is 42.0 Å². The predicted molar refractivity (Wildman–Crippen MR) is 120 cm³/mol. The third-order valence-corrected chi connectivity index (χ3v) is 6.67. The van der Waals surface area contributed by atoms with E-state index in [9.17, 15) is 4.79 Å². The molecule has 4 rings (SSSR count). The summed E-state index contributed by atoms with van der Waals surface area (Å²) in [5, 5.41) is 4.37. The van der Waals surface area contributed by atoms with E-state index in [0.717, 1.165) is 55.8 Å². The van der Waals surface area contributed by atoms with E-state index in [1.165, 1.54) is 15.8 Å². The van der Waals surface area contributed by atoms with E-state index >= 15 is 0 Å². The van der Waals surface area contributed by atoms with Gasteiger partial charge < -0.3 is 5.32 Å². The van der Waals surface area contributed by atoms with E-state index in [2.05, 4.69) is 52.5 Å². The first kappa shape index (κ1) is 20.0. The first-order chi connectivity index (χ1) is 14.2. The maximum Gasteiger partial charge on any atom is 0.220 e. The number of nitrogens with zero attached hydrogens (tertiary/aromatic N) is 2. The lowest BCUT2D eigenvalue weighted by Gasteiger charge is -2.32. The number of piperidine rings is 1. The molecule has 4 nitrogen and oxygen atoms in total. The number of rotatable bonds is 7. The number of amides is 1. The predicted octanol–water partition coefficient (Wildman–Crippen LogP) is 4.71. The molecule has 2 heterocycles. The number of thiazole rings is 1. The number of hydrogen-bond donors (Lipinski definition) is 1. The van der Waals surface area contributed by atoms with Crippen LogP contribution in [-0.4, -0.2) is 34.9 Å². The van der Waals surface area contributed by atoms with E-state index in [0.29, 0.717) is 12.5 Å². The topological polar surface area (TPSA) is 45.2 Å². The second-order valence-corrected chi connectivity index (χ2v) is 9.15. The lowest BCUT2D eigenvalue weighted by molar-refractivity contribution is -0.122. The average Bonchev–Trinajstić information content (AvgIpc) is 3.12. The zero-order chi connectivity index (χ0) is 20.1. The smallest absolute Gasteiger partial charge is 0.220 e. The van der Waals surface area contributed by atoms with Crippen molar-refractivity contribution >= 4 is 27.5 Å². The fraction of sp³-hybridized carbons (Fsp3) is 0.417.